The van der Waals surface area contributed by atoms with E-state index in [1.54, 1.807) is 12.1 Å². The monoisotopic (exact) mass is 354 g/mol. The van der Waals surface area contributed by atoms with E-state index in [1.165, 1.54) is 14.2 Å². The van der Waals surface area contributed by atoms with E-state index in [4.69, 9.17) is 14.4 Å². The molecule has 2 aromatic rings. The standard InChI is InChI=1S/C20H22N2O4/c1-14-8-7-10-16(12-14)15(2)21-26-13-17-9-5-6-11-18(17)19(22-25-4)20(23)24-3/h5-12H,13H2,1-4H3/b21-15-,22-19+. The topological polar surface area (TPSA) is 69.5 Å². The summed E-state index contributed by atoms with van der Waals surface area (Å²) in [5.41, 5.74) is 4.31. The zero-order chi connectivity index (χ0) is 18.9. The van der Waals surface area contributed by atoms with Gasteiger partial charge in [-0.3, -0.25) is 0 Å². The lowest BCUT2D eigenvalue weighted by Gasteiger charge is -2.10. The molecule has 0 aromatic heterocycles. The molecule has 6 heteroatoms. The smallest absolute Gasteiger partial charge is 0.360 e. The van der Waals surface area contributed by atoms with Crippen LogP contribution < -0.4 is 0 Å². The first-order valence-corrected chi connectivity index (χ1v) is 8.08. The molecule has 0 spiro atoms. The van der Waals surface area contributed by atoms with Crippen LogP contribution in [0, 0.1) is 6.92 Å². The number of rotatable bonds is 7. The molecule has 0 aliphatic rings. The predicted molar refractivity (Wildman–Crippen MR) is 100 cm³/mol. The first-order valence-electron chi connectivity index (χ1n) is 8.08. The quantitative estimate of drug-likeness (QED) is 0.434. The van der Waals surface area contributed by atoms with Crippen molar-refractivity contribution in [1.82, 2.24) is 0 Å². The lowest BCUT2D eigenvalue weighted by Crippen LogP contribution is -2.19. The largest absolute Gasteiger partial charge is 0.464 e. The van der Waals surface area contributed by atoms with Crippen molar-refractivity contribution in [3.8, 4) is 0 Å². The summed E-state index contributed by atoms with van der Waals surface area (Å²) in [5, 5.41) is 7.95. The van der Waals surface area contributed by atoms with E-state index in [0.29, 0.717) is 5.56 Å². The van der Waals surface area contributed by atoms with Crippen molar-refractivity contribution in [2.75, 3.05) is 14.2 Å². The Hall–Kier alpha value is -3.15. The van der Waals surface area contributed by atoms with Crippen LogP contribution >= 0.6 is 0 Å². The molecule has 6 nitrogen and oxygen atoms in total. The average molecular weight is 354 g/mol. The maximum Gasteiger partial charge on any atom is 0.360 e. The molecule has 136 valence electrons. The third-order valence-electron chi connectivity index (χ3n) is 3.69. The second-order valence-corrected chi connectivity index (χ2v) is 5.59. The van der Waals surface area contributed by atoms with Gasteiger partial charge in [0.25, 0.3) is 0 Å². The van der Waals surface area contributed by atoms with Gasteiger partial charge >= 0.3 is 5.97 Å². The van der Waals surface area contributed by atoms with Crippen LogP contribution in [0.15, 0.2) is 58.8 Å². The number of nitrogens with zero attached hydrogens (tertiary/aromatic N) is 2. The zero-order valence-corrected chi connectivity index (χ0v) is 15.4. The summed E-state index contributed by atoms with van der Waals surface area (Å²) in [6.07, 6.45) is 0. The van der Waals surface area contributed by atoms with Crippen molar-refractivity contribution < 1.29 is 19.2 Å². The molecule has 0 radical (unpaired) electrons. The zero-order valence-electron chi connectivity index (χ0n) is 15.4. The second kappa shape index (κ2) is 9.36. The van der Waals surface area contributed by atoms with Crippen molar-refractivity contribution in [1.29, 1.82) is 0 Å². The fourth-order valence-corrected chi connectivity index (χ4v) is 2.38. The van der Waals surface area contributed by atoms with Crippen molar-refractivity contribution >= 4 is 17.4 Å². The SMILES string of the molecule is CO/N=C(/C(=O)OC)c1ccccc1CO/N=C(/C)c1cccc(C)c1. The first-order chi connectivity index (χ1) is 12.6. The third kappa shape index (κ3) is 4.92. The Morgan fingerprint density at radius 1 is 1.04 bits per heavy atom. The van der Waals surface area contributed by atoms with E-state index in [0.717, 1.165) is 22.4 Å². The Balaban J connectivity index is 2.19. The van der Waals surface area contributed by atoms with Crippen LogP contribution in [0.3, 0.4) is 0 Å². The summed E-state index contributed by atoms with van der Waals surface area (Å²) in [5.74, 6) is -0.584. The molecule has 0 heterocycles. The lowest BCUT2D eigenvalue weighted by atomic mass is 10.0. The minimum atomic E-state index is -0.584. The van der Waals surface area contributed by atoms with Crippen molar-refractivity contribution in [3.05, 3.63) is 70.8 Å². The summed E-state index contributed by atoms with van der Waals surface area (Å²) in [6.45, 7) is 4.09. The molecule has 0 saturated carbocycles. The van der Waals surface area contributed by atoms with Crippen LogP contribution in [-0.4, -0.2) is 31.6 Å². The summed E-state index contributed by atoms with van der Waals surface area (Å²) in [7, 11) is 2.67. The van der Waals surface area contributed by atoms with E-state index >= 15 is 0 Å². The third-order valence-corrected chi connectivity index (χ3v) is 3.69. The predicted octanol–water partition coefficient (Wildman–Crippen LogP) is 3.46. The van der Waals surface area contributed by atoms with Gasteiger partial charge in [-0.25, -0.2) is 4.79 Å². The Labute approximate surface area is 153 Å². The number of hydrogen-bond acceptors (Lipinski definition) is 6. The summed E-state index contributed by atoms with van der Waals surface area (Å²) in [6, 6.07) is 15.3. The van der Waals surface area contributed by atoms with E-state index < -0.39 is 5.97 Å². The van der Waals surface area contributed by atoms with Gasteiger partial charge in [0.2, 0.25) is 0 Å². The number of ether oxygens (including phenoxy) is 1. The van der Waals surface area contributed by atoms with Crippen LogP contribution in [-0.2, 0) is 25.8 Å². The van der Waals surface area contributed by atoms with E-state index in [2.05, 4.69) is 10.3 Å². The normalized spacial score (nSPS) is 11.8. The van der Waals surface area contributed by atoms with Gasteiger partial charge in [0.1, 0.15) is 13.7 Å². The summed E-state index contributed by atoms with van der Waals surface area (Å²) >= 11 is 0. The van der Waals surface area contributed by atoms with Gasteiger partial charge in [-0.2, -0.15) is 0 Å². The minimum absolute atomic E-state index is 0.0774. The van der Waals surface area contributed by atoms with Gasteiger partial charge in [0, 0.05) is 11.1 Å². The Kier molecular flexibility index (Phi) is 6.91. The highest BCUT2D eigenvalue weighted by Crippen LogP contribution is 2.14. The molecule has 0 unspecified atom stereocenters. The molecule has 0 bridgehead atoms. The number of methoxy groups -OCH3 is 1. The molecule has 26 heavy (non-hydrogen) atoms. The van der Waals surface area contributed by atoms with Gasteiger partial charge in [0.05, 0.1) is 12.8 Å². The molecule has 0 atom stereocenters. The lowest BCUT2D eigenvalue weighted by molar-refractivity contribution is -0.132. The van der Waals surface area contributed by atoms with E-state index in [-0.39, 0.29) is 12.3 Å². The van der Waals surface area contributed by atoms with E-state index in [1.807, 2.05) is 50.2 Å². The molecule has 0 fully saturated rings. The van der Waals surface area contributed by atoms with E-state index in [9.17, 15) is 4.79 Å². The molecule has 0 N–H and O–H groups in total. The highest BCUT2D eigenvalue weighted by Gasteiger charge is 2.19. The van der Waals surface area contributed by atoms with Crippen LogP contribution in [0.2, 0.25) is 0 Å². The van der Waals surface area contributed by atoms with Crippen molar-refractivity contribution in [3.63, 3.8) is 0 Å². The maximum atomic E-state index is 12.0. The van der Waals surface area contributed by atoms with Crippen LogP contribution in [0.5, 0.6) is 0 Å². The number of esters is 1. The second-order valence-electron chi connectivity index (χ2n) is 5.59. The summed E-state index contributed by atoms with van der Waals surface area (Å²) in [4.78, 5) is 22.2. The number of carbonyl (C=O) groups excluding carboxylic acids is 1. The fourth-order valence-electron chi connectivity index (χ4n) is 2.38. The van der Waals surface area contributed by atoms with Gasteiger partial charge in [-0.15, -0.1) is 0 Å². The first kappa shape index (κ1) is 19.2. The molecule has 2 aromatic carbocycles. The molecular weight excluding hydrogens is 332 g/mol. The minimum Gasteiger partial charge on any atom is -0.464 e. The van der Waals surface area contributed by atoms with Gasteiger partial charge < -0.3 is 14.4 Å². The number of aryl methyl sites for hydroxylation is 1. The molecule has 0 saturated heterocycles. The molecule has 2 rings (SSSR count). The van der Waals surface area contributed by atoms with Crippen LogP contribution in [0.4, 0.5) is 0 Å². The number of oxime groups is 2. The number of carbonyl (C=O) groups is 1. The molecule has 0 amide bonds. The summed E-state index contributed by atoms with van der Waals surface area (Å²) < 4.78 is 4.77. The Bertz CT molecular complexity index is 828. The van der Waals surface area contributed by atoms with Gasteiger partial charge in [-0.1, -0.05) is 64.4 Å². The molecule has 0 aliphatic heterocycles. The van der Waals surface area contributed by atoms with Gasteiger partial charge in [-0.05, 0) is 19.4 Å². The van der Waals surface area contributed by atoms with Crippen LogP contribution in [0.25, 0.3) is 0 Å². The van der Waals surface area contributed by atoms with Crippen LogP contribution in [0.1, 0.15) is 29.2 Å². The van der Waals surface area contributed by atoms with Crippen molar-refractivity contribution in [2.45, 2.75) is 20.5 Å². The number of hydrogen-bond donors (Lipinski definition) is 0. The average Bonchev–Trinajstić information content (AvgIpc) is 2.66. The molecular formula is C20H22N2O4. The highest BCUT2D eigenvalue weighted by atomic mass is 16.6. The highest BCUT2D eigenvalue weighted by molar-refractivity contribution is 6.43. The molecule has 0 aliphatic carbocycles. The Morgan fingerprint density at radius 2 is 1.81 bits per heavy atom. The van der Waals surface area contributed by atoms with Gasteiger partial charge in [0.15, 0.2) is 5.71 Å². The fraction of sp³-hybridized carbons (Fsp3) is 0.250. The van der Waals surface area contributed by atoms with Crippen molar-refractivity contribution in [2.24, 2.45) is 10.3 Å². The number of benzene rings is 2. The Morgan fingerprint density at radius 3 is 2.50 bits per heavy atom. The maximum absolute atomic E-state index is 12.0.